The molecule has 0 aliphatic heterocycles. The second-order valence-electron chi connectivity index (χ2n) is 4.54. The molecule has 0 aliphatic rings. The number of ether oxygens (including phenoxy) is 1. The van der Waals surface area contributed by atoms with Crippen molar-refractivity contribution in [1.29, 1.82) is 0 Å². The zero-order valence-electron chi connectivity index (χ0n) is 12.0. The van der Waals surface area contributed by atoms with E-state index in [0.717, 1.165) is 21.6 Å². The van der Waals surface area contributed by atoms with Crippen molar-refractivity contribution < 1.29 is 9.53 Å². The highest BCUT2D eigenvalue weighted by Crippen LogP contribution is 2.17. The molecule has 0 saturated heterocycles. The molecule has 5 heteroatoms. The van der Waals surface area contributed by atoms with Gasteiger partial charge in [0.25, 0.3) is 0 Å². The van der Waals surface area contributed by atoms with Gasteiger partial charge in [-0.05, 0) is 36.4 Å². The van der Waals surface area contributed by atoms with Crippen LogP contribution in [0.5, 0.6) is 5.75 Å². The molecular weight excluding hydrogens is 344 g/mol. The van der Waals surface area contributed by atoms with E-state index in [1.807, 2.05) is 48.5 Å². The van der Waals surface area contributed by atoms with E-state index in [0.29, 0.717) is 6.61 Å². The van der Waals surface area contributed by atoms with Gasteiger partial charge < -0.3 is 15.4 Å². The Morgan fingerprint density at radius 2 is 1.95 bits per heavy atom. The lowest BCUT2D eigenvalue weighted by Gasteiger charge is -2.09. The largest absolute Gasteiger partial charge is 0.489 e. The highest BCUT2D eigenvalue weighted by molar-refractivity contribution is 9.10. The molecule has 0 fully saturated rings. The molecule has 2 aromatic carbocycles. The molecule has 0 atom stereocenters. The van der Waals surface area contributed by atoms with Crippen molar-refractivity contribution in [1.82, 2.24) is 0 Å². The van der Waals surface area contributed by atoms with E-state index in [9.17, 15) is 4.79 Å². The fraction of sp³-hybridized carbons (Fsp3) is 0.118. The Morgan fingerprint density at radius 3 is 2.68 bits per heavy atom. The van der Waals surface area contributed by atoms with Crippen LogP contribution in [0.4, 0.5) is 11.4 Å². The predicted molar refractivity (Wildman–Crippen MR) is 93.4 cm³/mol. The molecule has 2 aromatic rings. The highest BCUT2D eigenvalue weighted by atomic mass is 79.9. The van der Waals surface area contributed by atoms with Crippen LogP contribution in [0.3, 0.4) is 0 Å². The topological polar surface area (TPSA) is 50.4 Å². The van der Waals surface area contributed by atoms with Crippen molar-refractivity contribution in [2.75, 3.05) is 23.8 Å². The molecule has 0 radical (unpaired) electrons. The van der Waals surface area contributed by atoms with Crippen molar-refractivity contribution in [3.05, 3.63) is 65.7 Å². The molecule has 114 valence electrons. The summed E-state index contributed by atoms with van der Waals surface area (Å²) in [6.45, 7) is 4.24. The van der Waals surface area contributed by atoms with Gasteiger partial charge in [-0.3, -0.25) is 4.79 Å². The molecule has 0 spiro atoms. The molecule has 2 rings (SSSR count). The number of carbonyl (C=O) groups excluding carboxylic acids is 1. The predicted octanol–water partition coefficient (Wildman–Crippen LogP) is 4.06. The Kier molecular flexibility index (Phi) is 6.03. The normalized spacial score (nSPS) is 9.86. The number of benzene rings is 2. The van der Waals surface area contributed by atoms with Gasteiger partial charge in [0.15, 0.2) is 0 Å². The van der Waals surface area contributed by atoms with Gasteiger partial charge in [0.05, 0.1) is 6.54 Å². The summed E-state index contributed by atoms with van der Waals surface area (Å²) in [5.41, 5.74) is 1.59. The van der Waals surface area contributed by atoms with Crippen LogP contribution in [0, 0.1) is 0 Å². The first-order valence-electron chi connectivity index (χ1n) is 6.80. The number of amides is 1. The van der Waals surface area contributed by atoms with Gasteiger partial charge in [0, 0.05) is 21.9 Å². The van der Waals surface area contributed by atoms with Crippen LogP contribution in [-0.4, -0.2) is 19.1 Å². The molecule has 0 bridgehead atoms. The van der Waals surface area contributed by atoms with E-state index < -0.39 is 0 Å². The van der Waals surface area contributed by atoms with Crippen molar-refractivity contribution in [2.24, 2.45) is 0 Å². The van der Waals surface area contributed by atoms with Gasteiger partial charge in [-0.15, -0.1) is 0 Å². The summed E-state index contributed by atoms with van der Waals surface area (Å²) in [7, 11) is 0. The third-order valence-corrected chi connectivity index (χ3v) is 3.31. The Morgan fingerprint density at radius 1 is 1.18 bits per heavy atom. The van der Waals surface area contributed by atoms with Gasteiger partial charge in [-0.2, -0.15) is 0 Å². The van der Waals surface area contributed by atoms with Gasteiger partial charge in [-0.25, -0.2) is 0 Å². The number of halogens is 1. The smallest absolute Gasteiger partial charge is 0.243 e. The molecular formula is C17H17BrN2O2. The molecule has 0 heterocycles. The number of nitrogens with one attached hydrogen (secondary N) is 2. The van der Waals surface area contributed by atoms with Gasteiger partial charge in [-0.1, -0.05) is 34.7 Å². The van der Waals surface area contributed by atoms with E-state index in [4.69, 9.17) is 4.74 Å². The van der Waals surface area contributed by atoms with Crippen LogP contribution in [-0.2, 0) is 4.79 Å². The van der Waals surface area contributed by atoms with Crippen LogP contribution in [0.15, 0.2) is 65.7 Å². The monoisotopic (exact) mass is 360 g/mol. The summed E-state index contributed by atoms with van der Waals surface area (Å²) < 4.78 is 6.42. The Hall–Kier alpha value is -2.27. The molecule has 0 aliphatic carbocycles. The maximum absolute atomic E-state index is 11.9. The summed E-state index contributed by atoms with van der Waals surface area (Å²) in [5, 5.41) is 5.89. The lowest BCUT2D eigenvalue weighted by Crippen LogP contribution is -2.21. The Balaban J connectivity index is 1.85. The molecule has 0 unspecified atom stereocenters. The number of hydrogen-bond donors (Lipinski definition) is 2. The third kappa shape index (κ3) is 5.26. The lowest BCUT2D eigenvalue weighted by atomic mass is 10.3. The minimum atomic E-state index is -0.111. The average Bonchev–Trinajstić information content (AvgIpc) is 2.53. The second-order valence-corrected chi connectivity index (χ2v) is 5.45. The zero-order chi connectivity index (χ0) is 15.8. The first kappa shape index (κ1) is 16.1. The van der Waals surface area contributed by atoms with Gasteiger partial charge >= 0.3 is 0 Å². The maximum atomic E-state index is 11.9. The van der Waals surface area contributed by atoms with Crippen molar-refractivity contribution in [3.8, 4) is 5.75 Å². The van der Waals surface area contributed by atoms with E-state index in [2.05, 4.69) is 33.1 Å². The molecule has 1 amide bonds. The fourth-order valence-electron chi connectivity index (χ4n) is 1.77. The molecule has 22 heavy (non-hydrogen) atoms. The zero-order valence-corrected chi connectivity index (χ0v) is 13.6. The Labute approximate surface area is 138 Å². The minimum Gasteiger partial charge on any atom is -0.489 e. The SMILES string of the molecule is C=CCOc1cccc(NCC(=O)Nc2ccc(Br)cc2)c1. The number of rotatable bonds is 7. The lowest BCUT2D eigenvalue weighted by molar-refractivity contribution is -0.114. The summed E-state index contributed by atoms with van der Waals surface area (Å²) in [5.74, 6) is 0.623. The van der Waals surface area contributed by atoms with Crippen LogP contribution in [0.1, 0.15) is 0 Å². The van der Waals surface area contributed by atoms with Crippen LogP contribution in [0.25, 0.3) is 0 Å². The van der Waals surface area contributed by atoms with Gasteiger partial charge in [0.2, 0.25) is 5.91 Å². The molecule has 4 nitrogen and oxygen atoms in total. The van der Waals surface area contributed by atoms with Crippen LogP contribution < -0.4 is 15.4 Å². The minimum absolute atomic E-state index is 0.111. The highest BCUT2D eigenvalue weighted by Gasteiger charge is 2.03. The quantitative estimate of drug-likeness (QED) is 0.731. The Bertz CT molecular complexity index is 641. The van der Waals surface area contributed by atoms with Crippen molar-refractivity contribution in [3.63, 3.8) is 0 Å². The average molecular weight is 361 g/mol. The van der Waals surface area contributed by atoms with E-state index >= 15 is 0 Å². The van der Waals surface area contributed by atoms with Crippen molar-refractivity contribution >= 4 is 33.2 Å². The number of hydrogen-bond acceptors (Lipinski definition) is 3. The van der Waals surface area contributed by atoms with Gasteiger partial charge in [0.1, 0.15) is 12.4 Å². The standard InChI is InChI=1S/C17H17BrN2O2/c1-2-10-22-16-5-3-4-15(11-16)19-12-17(21)20-14-8-6-13(18)7-9-14/h2-9,11,19H,1,10,12H2,(H,20,21). The summed E-state index contributed by atoms with van der Waals surface area (Å²) >= 11 is 3.35. The van der Waals surface area contributed by atoms with E-state index in [1.54, 1.807) is 6.08 Å². The second kappa shape index (κ2) is 8.24. The van der Waals surface area contributed by atoms with Crippen LogP contribution >= 0.6 is 15.9 Å². The number of anilines is 2. The fourth-order valence-corrected chi connectivity index (χ4v) is 2.04. The van der Waals surface area contributed by atoms with E-state index in [-0.39, 0.29) is 12.5 Å². The summed E-state index contributed by atoms with van der Waals surface area (Å²) in [6.07, 6.45) is 1.69. The summed E-state index contributed by atoms with van der Waals surface area (Å²) in [4.78, 5) is 11.9. The first-order valence-corrected chi connectivity index (χ1v) is 7.60. The molecule has 0 aromatic heterocycles. The van der Waals surface area contributed by atoms with E-state index in [1.165, 1.54) is 0 Å². The first-order chi connectivity index (χ1) is 10.7. The maximum Gasteiger partial charge on any atom is 0.243 e. The molecule has 2 N–H and O–H groups in total. The number of carbonyl (C=O) groups is 1. The summed E-state index contributed by atoms with van der Waals surface area (Å²) in [6, 6.07) is 14.9. The van der Waals surface area contributed by atoms with Crippen LogP contribution in [0.2, 0.25) is 0 Å². The molecule has 0 saturated carbocycles. The third-order valence-electron chi connectivity index (χ3n) is 2.78. The van der Waals surface area contributed by atoms with Crippen molar-refractivity contribution in [2.45, 2.75) is 0 Å².